The highest BCUT2D eigenvalue weighted by Gasteiger charge is 2.12. The van der Waals surface area contributed by atoms with Crippen molar-refractivity contribution >= 4 is 40.5 Å². The van der Waals surface area contributed by atoms with E-state index >= 15 is 0 Å². The van der Waals surface area contributed by atoms with Crippen molar-refractivity contribution in [3.05, 3.63) is 40.1 Å². The highest BCUT2D eigenvalue weighted by atomic mass is 35.5. The van der Waals surface area contributed by atoms with Gasteiger partial charge in [0.2, 0.25) is 0 Å². The molecule has 2 aromatic rings. The zero-order valence-electron chi connectivity index (χ0n) is 12.1. The van der Waals surface area contributed by atoms with Crippen LogP contribution in [0.15, 0.2) is 24.5 Å². The van der Waals surface area contributed by atoms with Crippen LogP contribution in [0.3, 0.4) is 0 Å². The minimum atomic E-state index is 0.561. The van der Waals surface area contributed by atoms with E-state index in [1.165, 1.54) is 6.33 Å². The third-order valence-electron chi connectivity index (χ3n) is 3.05. The predicted octanol–water partition coefficient (Wildman–Crippen LogP) is 4.91. The van der Waals surface area contributed by atoms with Crippen molar-refractivity contribution in [2.45, 2.75) is 26.7 Å². The third-order valence-corrected chi connectivity index (χ3v) is 3.68. The largest absolute Gasteiger partial charge is 0.370 e. The normalized spacial score (nSPS) is 10.5. The minimum Gasteiger partial charge on any atom is -0.370 e. The summed E-state index contributed by atoms with van der Waals surface area (Å²) in [6.45, 7) is 5.05. The summed E-state index contributed by atoms with van der Waals surface area (Å²) in [5.74, 6) is 1.57. The van der Waals surface area contributed by atoms with Crippen LogP contribution in [0, 0.1) is 0 Å². The van der Waals surface area contributed by atoms with Crippen LogP contribution >= 0.6 is 23.2 Å². The second-order valence-corrected chi connectivity index (χ2v) is 5.37. The molecule has 0 saturated carbocycles. The van der Waals surface area contributed by atoms with Crippen LogP contribution in [0.2, 0.25) is 10.0 Å². The molecule has 0 aliphatic heterocycles. The summed E-state index contributed by atoms with van der Waals surface area (Å²) in [6, 6.07) is 5.39. The quantitative estimate of drug-likeness (QED) is 0.792. The average molecular weight is 325 g/mol. The molecule has 0 amide bonds. The molecule has 0 bridgehead atoms. The maximum absolute atomic E-state index is 6.19. The Morgan fingerprint density at radius 1 is 1.05 bits per heavy atom. The van der Waals surface area contributed by atoms with Gasteiger partial charge in [-0.2, -0.15) is 0 Å². The van der Waals surface area contributed by atoms with E-state index in [9.17, 15) is 0 Å². The number of hydrogen-bond donors (Lipinski definition) is 2. The Hall–Kier alpha value is -1.52. The van der Waals surface area contributed by atoms with E-state index in [4.69, 9.17) is 23.2 Å². The Morgan fingerprint density at radius 3 is 2.33 bits per heavy atom. The molecule has 0 aliphatic carbocycles. The van der Waals surface area contributed by atoms with Gasteiger partial charge in [-0.15, -0.1) is 0 Å². The fourth-order valence-electron chi connectivity index (χ4n) is 1.99. The SMILES string of the molecule is CCCNc1ncnc(Nc2c(Cl)cccc2Cl)c1CC. The van der Waals surface area contributed by atoms with Gasteiger partial charge in [0.1, 0.15) is 18.0 Å². The molecule has 2 rings (SSSR count). The summed E-state index contributed by atoms with van der Waals surface area (Å²) in [6.07, 6.45) is 3.37. The third kappa shape index (κ3) is 3.77. The zero-order chi connectivity index (χ0) is 15.2. The molecule has 1 aromatic heterocycles. The number of halogens is 2. The van der Waals surface area contributed by atoms with E-state index in [2.05, 4.69) is 34.4 Å². The molecule has 0 aliphatic rings. The van der Waals surface area contributed by atoms with E-state index in [0.717, 1.165) is 36.6 Å². The molecule has 0 saturated heterocycles. The van der Waals surface area contributed by atoms with E-state index in [1.54, 1.807) is 12.1 Å². The standard InChI is InChI=1S/C15H18Cl2N4/c1-3-8-18-14-10(4-2)15(20-9-19-14)21-13-11(16)6-5-7-12(13)17/h5-7,9H,3-4,8H2,1-2H3,(H2,18,19,20,21). The number of anilines is 3. The van der Waals surface area contributed by atoms with Crippen molar-refractivity contribution in [3.63, 3.8) is 0 Å². The van der Waals surface area contributed by atoms with Crippen LogP contribution < -0.4 is 10.6 Å². The zero-order valence-corrected chi connectivity index (χ0v) is 13.6. The van der Waals surface area contributed by atoms with Crippen LogP contribution in [0.5, 0.6) is 0 Å². The van der Waals surface area contributed by atoms with Crippen LogP contribution in [0.1, 0.15) is 25.8 Å². The molecular formula is C15H18Cl2N4. The number of para-hydroxylation sites is 1. The number of rotatable bonds is 6. The average Bonchev–Trinajstić information content (AvgIpc) is 2.49. The lowest BCUT2D eigenvalue weighted by Crippen LogP contribution is -2.08. The van der Waals surface area contributed by atoms with E-state index in [0.29, 0.717) is 15.7 Å². The van der Waals surface area contributed by atoms with Crippen LogP contribution in [0.25, 0.3) is 0 Å². The fraction of sp³-hybridized carbons (Fsp3) is 0.333. The van der Waals surface area contributed by atoms with Crippen LogP contribution in [-0.4, -0.2) is 16.5 Å². The summed E-state index contributed by atoms with van der Waals surface area (Å²) < 4.78 is 0. The molecule has 0 fully saturated rings. The molecule has 6 heteroatoms. The van der Waals surface area contributed by atoms with Crippen LogP contribution in [0.4, 0.5) is 17.3 Å². The summed E-state index contributed by atoms with van der Waals surface area (Å²) in [5.41, 5.74) is 1.68. The highest BCUT2D eigenvalue weighted by Crippen LogP contribution is 2.33. The maximum atomic E-state index is 6.19. The van der Waals surface area contributed by atoms with Gasteiger partial charge in [0, 0.05) is 12.1 Å². The Balaban J connectivity index is 2.35. The van der Waals surface area contributed by atoms with Crippen LogP contribution in [-0.2, 0) is 6.42 Å². The molecule has 4 nitrogen and oxygen atoms in total. The second-order valence-electron chi connectivity index (χ2n) is 4.55. The van der Waals surface area contributed by atoms with E-state index in [-0.39, 0.29) is 0 Å². The molecule has 1 heterocycles. The maximum Gasteiger partial charge on any atom is 0.139 e. The van der Waals surface area contributed by atoms with Crippen molar-refractivity contribution in [1.29, 1.82) is 0 Å². The molecule has 0 spiro atoms. The first-order chi connectivity index (χ1) is 10.2. The van der Waals surface area contributed by atoms with Gasteiger partial charge in [-0.05, 0) is 25.0 Å². The molecule has 2 N–H and O–H groups in total. The summed E-state index contributed by atoms with van der Waals surface area (Å²) >= 11 is 12.4. The molecular weight excluding hydrogens is 307 g/mol. The molecule has 112 valence electrons. The number of nitrogens with zero attached hydrogens (tertiary/aromatic N) is 2. The first kappa shape index (κ1) is 15.9. The van der Waals surface area contributed by atoms with E-state index in [1.807, 2.05) is 6.07 Å². The molecule has 0 atom stereocenters. The van der Waals surface area contributed by atoms with Crippen molar-refractivity contribution in [1.82, 2.24) is 9.97 Å². The summed E-state index contributed by atoms with van der Waals surface area (Å²) in [4.78, 5) is 8.62. The van der Waals surface area contributed by atoms with Gasteiger partial charge < -0.3 is 10.6 Å². The van der Waals surface area contributed by atoms with Gasteiger partial charge in [0.05, 0.1) is 15.7 Å². The first-order valence-corrected chi connectivity index (χ1v) is 7.71. The summed E-state index contributed by atoms with van der Waals surface area (Å²) in [7, 11) is 0. The van der Waals surface area contributed by atoms with Gasteiger partial charge in [-0.25, -0.2) is 9.97 Å². The monoisotopic (exact) mass is 324 g/mol. The number of hydrogen-bond acceptors (Lipinski definition) is 4. The topological polar surface area (TPSA) is 49.8 Å². The van der Waals surface area contributed by atoms with Crippen molar-refractivity contribution in [2.24, 2.45) is 0 Å². The fourth-order valence-corrected chi connectivity index (χ4v) is 2.48. The first-order valence-electron chi connectivity index (χ1n) is 6.96. The minimum absolute atomic E-state index is 0.561. The van der Waals surface area contributed by atoms with Gasteiger partial charge in [-0.3, -0.25) is 0 Å². The lowest BCUT2D eigenvalue weighted by atomic mass is 10.2. The molecule has 21 heavy (non-hydrogen) atoms. The van der Waals surface area contributed by atoms with Crippen molar-refractivity contribution in [2.75, 3.05) is 17.2 Å². The molecule has 0 unspecified atom stereocenters. The Kier molecular flexibility index (Phi) is 5.65. The van der Waals surface area contributed by atoms with Crippen molar-refractivity contribution in [3.8, 4) is 0 Å². The Morgan fingerprint density at radius 2 is 1.71 bits per heavy atom. The Labute approximate surface area is 134 Å². The second kappa shape index (κ2) is 7.48. The van der Waals surface area contributed by atoms with Crippen molar-refractivity contribution < 1.29 is 0 Å². The van der Waals surface area contributed by atoms with Gasteiger partial charge in [0.25, 0.3) is 0 Å². The van der Waals surface area contributed by atoms with Gasteiger partial charge in [-0.1, -0.05) is 43.1 Å². The van der Waals surface area contributed by atoms with E-state index < -0.39 is 0 Å². The number of nitrogens with one attached hydrogen (secondary N) is 2. The number of benzene rings is 1. The predicted molar refractivity (Wildman–Crippen MR) is 89.9 cm³/mol. The molecule has 0 radical (unpaired) electrons. The van der Waals surface area contributed by atoms with Gasteiger partial charge in [0.15, 0.2) is 0 Å². The Bertz CT molecular complexity index is 596. The van der Waals surface area contributed by atoms with Gasteiger partial charge >= 0.3 is 0 Å². The smallest absolute Gasteiger partial charge is 0.139 e. The summed E-state index contributed by atoms with van der Waals surface area (Å²) in [5, 5.41) is 7.66. The lowest BCUT2D eigenvalue weighted by molar-refractivity contribution is 0.949. The number of aromatic nitrogens is 2. The lowest BCUT2D eigenvalue weighted by Gasteiger charge is -2.15. The highest BCUT2D eigenvalue weighted by molar-refractivity contribution is 6.39. The molecule has 1 aromatic carbocycles.